The molecule has 1 aliphatic heterocycles. The van der Waals surface area contributed by atoms with Gasteiger partial charge in [0.25, 0.3) is 0 Å². The Bertz CT molecular complexity index is 1550. The van der Waals surface area contributed by atoms with E-state index in [9.17, 15) is 5.11 Å². The van der Waals surface area contributed by atoms with Gasteiger partial charge in [-0.3, -0.25) is 4.90 Å². The number of halogens is 1. The lowest BCUT2D eigenvalue weighted by Gasteiger charge is -2.33. The molecule has 2 N–H and O–H groups in total. The van der Waals surface area contributed by atoms with E-state index in [4.69, 9.17) is 4.98 Å². The molecule has 1 aliphatic rings. The van der Waals surface area contributed by atoms with Crippen LogP contribution in [0.5, 0.6) is 5.75 Å². The largest absolute Gasteiger partial charge is 0.507 e. The predicted octanol–water partition coefficient (Wildman–Crippen LogP) is 6.86. The van der Waals surface area contributed by atoms with E-state index >= 15 is 0 Å². The number of para-hydroxylation sites is 1. The topological polar surface area (TPSA) is 65.7 Å². The third kappa shape index (κ3) is 5.30. The standard InChI is InChI=1S/C31H30BrN5O/c32-27-19-34-37-30(17-28(35-31(27)37)26-13-4-5-14-29(26)38)33-18-23-9-7-15-36(21-23)20-22-8-6-12-25(16-22)24-10-2-1-3-11-24/h1-6,8,10-14,16-17,19,23,33,38H,7,9,15,18,20-21H2. The first-order valence-electron chi connectivity index (χ1n) is 13.1. The normalized spacial score (nSPS) is 16.1. The number of piperidine rings is 1. The van der Waals surface area contributed by atoms with Crippen LogP contribution in [0.15, 0.2) is 95.6 Å². The number of hydrogen-bond donors (Lipinski definition) is 2. The van der Waals surface area contributed by atoms with Gasteiger partial charge in [0.2, 0.25) is 0 Å². The van der Waals surface area contributed by atoms with Crippen molar-refractivity contribution >= 4 is 27.4 Å². The Hall–Kier alpha value is -3.68. The molecule has 38 heavy (non-hydrogen) atoms. The molecule has 1 unspecified atom stereocenters. The minimum Gasteiger partial charge on any atom is -0.507 e. The van der Waals surface area contributed by atoms with Crippen LogP contribution in [-0.2, 0) is 6.54 Å². The van der Waals surface area contributed by atoms with Crippen LogP contribution >= 0.6 is 15.9 Å². The summed E-state index contributed by atoms with van der Waals surface area (Å²) in [6, 6.07) is 28.8. The van der Waals surface area contributed by atoms with Gasteiger partial charge in [-0.1, -0.05) is 60.7 Å². The van der Waals surface area contributed by atoms with Gasteiger partial charge < -0.3 is 10.4 Å². The Morgan fingerprint density at radius 1 is 0.947 bits per heavy atom. The van der Waals surface area contributed by atoms with Gasteiger partial charge in [0.1, 0.15) is 11.6 Å². The van der Waals surface area contributed by atoms with Crippen LogP contribution in [0.25, 0.3) is 28.0 Å². The Balaban J connectivity index is 1.16. The van der Waals surface area contributed by atoms with Gasteiger partial charge in [-0.05, 0) is 76.1 Å². The van der Waals surface area contributed by atoms with E-state index in [0.29, 0.717) is 17.2 Å². The molecule has 3 aromatic carbocycles. The second-order valence-corrected chi connectivity index (χ2v) is 10.8. The van der Waals surface area contributed by atoms with E-state index < -0.39 is 0 Å². The highest BCUT2D eigenvalue weighted by molar-refractivity contribution is 9.10. The monoisotopic (exact) mass is 567 g/mol. The fourth-order valence-electron chi connectivity index (χ4n) is 5.34. The molecular formula is C31H30BrN5O. The van der Waals surface area contributed by atoms with Crippen molar-refractivity contribution in [3.8, 4) is 28.1 Å². The highest BCUT2D eigenvalue weighted by Gasteiger charge is 2.21. The molecule has 0 saturated carbocycles. The molecule has 6 nitrogen and oxygen atoms in total. The maximum atomic E-state index is 10.4. The van der Waals surface area contributed by atoms with Crippen LogP contribution in [-0.4, -0.2) is 44.2 Å². The second-order valence-electron chi connectivity index (χ2n) is 9.96. The number of hydrogen-bond acceptors (Lipinski definition) is 5. The van der Waals surface area contributed by atoms with Crippen molar-refractivity contribution in [1.82, 2.24) is 19.5 Å². The Morgan fingerprint density at radius 3 is 2.63 bits per heavy atom. The fraction of sp³-hybridized carbons (Fsp3) is 0.226. The number of fused-ring (bicyclic) bond motifs is 1. The number of phenolic OH excluding ortho intramolecular Hbond substituents is 1. The van der Waals surface area contributed by atoms with E-state index in [1.807, 2.05) is 28.8 Å². The Morgan fingerprint density at radius 2 is 1.76 bits per heavy atom. The van der Waals surface area contributed by atoms with Crippen LogP contribution in [0.2, 0.25) is 0 Å². The first kappa shape index (κ1) is 24.6. The smallest absolute Gasteiger partial charge is 0.172 e. The van der Waals surface area contributed by atoms with Crippen LogP contribution < -0.4 is 5.32 Å². The van der Waals surface area contributed by atoms with Gasteiger partial charge in [-0.15, -0.1) is 0 Å². The molecule has 6 rings (SSSR count). The predicted molar refractivity (Wildman–Crippen MR) is 156 cm³/mol. The van der Waals surface area contributed by atoms with Crippen LogP contribution in [0.1, 0.15) is 18.4 Å². The first-order chi connectivity index (χ1) is 18.6. The summed E-state index contributed by atoms with van der Waals surface area (Å²) in [5.74, 6) is 1.61. The molecule has 0 spiro atoms. The van der Waals surface area contributed by atoms with E-state index in [-0.39, 0.29) is 5.75 Å². The number of anilines is 1. The molecule has 2 aromatic heterocycles. The van der Waals surface area contributed by atoms with Gasteiger partial charge in [0, 0.05) is 31.3 Å². The quantitative estimate of drug-likeness (QED) is 0.225. The third-order valence-electron chi connectivity index (χ3n) is 7.22. The number of phenols is 1. The summed E-state index contributed by atoms with van der Waals surface area (Å²) in [5.41, 5.74) is 6.01. The molecule has 0 bridgehead atoms. The lowest BCUT2D eigenvalue weighted by atomic mass is 9.97. The minimum absolute atomic E-state index is 0.213. The minimum atomic E-state index is 0.213. The molecule has 0 aliphatic carbocycles. The fourth-order valence-corrected chi connectivity index (χ4v) is 5.69. The average Bonchev–Trinajstić information content (AvgIpc) is 3.33. The molecule has 5 aromatic rings. The lowest BCUT2D eigenvalue weighted by Crippen LogP contribution is -2.37. The number of aromatic nitrogens is 3. The summed E-state index contributed by atoms with van der Waals surface area (Å²) in [4.78, 5) is 7.32. The van der Waals surface area contributed by atoms with Gasteiger partial charge in [0.05, 0.1) is 16.4 Å². The molecule has 1 fully saturated rings. The van der Waals surface area contributed by atoms with Gasteiger partial charge >= 0.3 is 0 Å². The highest BCUT2D eigenvalue weighted by atomic mass is 79.9. The number of rotatable bonds is 7. The maximum Gasteiger partial charge on any atom is 0.172 e. The number of likely N-dealkylation sites (tertiary alicyclic amines) is 1. The van der Waals surface area contributed by atoms with Crippen molar-refractivity contribution in [1.29, 1.82) is 0 Å². The summed E-state index contributed by atoms with van der Waals surface area (Å²) >= 11 is 3.57. The third-order valence-corrected chi connectivity index (χ3v) is 7.78. The summed E-state index contributed by atoms with van der Waals surface area (Å²) < 4.78 is 2.64. The summed E-state index contributed by atoms with van der Waals surface area (Å²) in [5, 5.41) is 18.6. The molecule has 1 saturated heterocycles. The number of nitrogens with zero attached hydrogens (tertiary/aromatic N) is 4. The molecular weight excluding hydrogens is 538 g/mol. The molecule has 192 valence electrons. The number of nitrogens with one attached hydrogen (secondary N) is 1. The van der Waals surface area contributed by atoms with Crippen molar-refractivity contribution in [3.05, 3.63) is 101 Å². The molecule has 1 atom stereocenters. The van der Waals surface area contributed by atoms with E-state index in [1.165, 1.54) is 29.5 Å². The Kier molecular flexibility index (Phi) is 7.12. The van der Waals surface area contributed by atoms with E-state index in [1.54, 1.807) is 12.3 Å². The van der Waals surface area contributed by atoms with Crippen molar-refractivity contribution in [2.24, 2.45) is 5.92 Å². The molecule has 0 radical (unpaired) electrons. The van der Waals surface area contributed by atoms with Crippen LogP contribution in [0.3, 0.4) is 0 Å². The van der Waals surface area contributed by atoms with Crippen LogP contribution in [0.4, 0.5) is 5.82 Å². The van der Waals surface area contributed by atoms with Crippen molar-refractivity contribution in [3.63, 3.8) is 0 Å². The zero-order chi connectivity index (χ0) is 25.9. The zero-order valence-corrected chi connectivity index (χ0v) is 22.7. The number of benzene rings is 3. The van der Waals surface area contributed by atoms with Gasteiger partial charge in [0.15, 0.2) is 5.65 Å². The summed E-state index contributed by atoms with van der Waals surface area (Å²) in [7, 11) is 0. The summed E-state index contributed by atoms with van der Waals surface area (Å²) in [6.45, 7) is 3.97. The maximum absolute atomic E-state index is 10.4. The average molecular weight is 569 g/mol. The van der Waals surface area contributed by atoms with Crippen molar-refractivity contribution in [2.75, 3.05) is 25.0 Å². The molecule has 0 amide bonds. The number of aromatic hydroxyl groups is 1. The van der Waals surface area contributed by atoms with E-state index in [2.05, 4.69) is 85.8 Å². The molecule has 7 heteroatoms. The SMILES string of the molecule is Oc1ccccc1-c1cc(NCC2CCCN(Cc3cccc(-c4ccccc4)c3)C2)n2ncc(Br)c2n1. The Labute approximate surface area is 231 Å². The first-order valence-corrected chi connectivity index (χ1v) is 13.9. The van der Waals surface area contributed by atoms with Gasteiger partial charge in [-0.2, -0.15) is 9.61 Å². The van der Waals surface area contributed by atoms with Crippen LogP contribution in [0, 0.1) is 5.92 Å². The van der Waals surface area contributed by atoms with Crippen molar-refractivity contribution in [2.45, 2.75) is 19.4 Å². The lowest BCUT2D eigenvalue weighted by molar-refractivity contribution is 0.173. The van der Waals surface area contributed by atoms with Gasteiger partial charge in [-0.25, -0.2) is 4.98 Å². The highest BCUT2D eigenvalue weighted by Crippen LogP contribution is 2.31. The molecule has 3 heterocycles. The van der Waals surface area contributed by atoms with Crippen molar-refractivity contribution < 1.29 is 5.11 Å². The van der Waals surface area contributed by atoms with E-state index in [0.717, 1.165) is 42.1 Å². The zero-order valence-electron chi connectivity index (χ0n) is 21.1. The second kappa shape index (κ2) is 11.0. The summed E-state index contributed by atoms with van der Waals surface area (Å²) in [6.07, 6.45) is 4.14.